The van der Waals surface area contributed by atoms with Crippen LogP contribution in [-0.2, 0) is 0 Å². The second kappa shape index (κ2) is 3.90. The molecule has 3 heteroatoms. The first kappa shape index (κ1) is 8.78. The van der Waals surface area contributed by atoms with Crippen molar-refractivity contribution in [1.82, 2.24) is 4.90 Å². The van der Waals surface area contributed by atoms with Crippen LogP contribution in [0.1, 0.15) is 26.2 Å². The molecule has 11 heavy (non-hydrogen) atoms. The lowest BCUT2D eigenvalue weighted by Gasteiger charge is -2.31. The van der Waals surface area contributed by atoms with Gasteiger partial charge < -0.3 is 10.6 Å². The summed E-state index contributed by atoms with van der Waals surface area (Å²) in [4.78, 5) is 2.10. The Balaban J connectivity index is 2.30. The van der Waals surface area contributed by atoms with Gasteiger partial charge >= 0.3 is 0 Å². The van der Waals surface area contributed by atoms with Gasteiger partial charge in [0.2, 0.25) is 0 Å². The predicted octanol–water partition coefficient (Wildman–Crippen LogP) is 1.35. The Kier molecular flexibility index (Phi) is 3.12. The van der Waals surface area contributed by atoms with Gasteiger partial charge in [0.25, 0.3) is 0 Å². The number of thiocarbonyl (C=S) groups is 1. The minimum atomic E-state index is 0.569. The first-order valence-corrected chi connectivity index (χ1v) is 4.69. The zero-order chi connectivity index (χ0) is 8.27. The van der Waals surface area contributed by atoms with Gasteiger partial charge in [0.15, 0.2) is 5.11 Å². The molecule has 0 aromatic carbocycles. The molecular weight excluding hydrogens is 156 g/mol. The minimum absolute atomic E-state index is 0.569. The third-order valence-electron chi connectivity index (χ3n) is 2.50. The molecule has 0 spiro atoms. The highest BCUT2D eigenvalue weighted by Gasteiger charge is 2.17. The average molecular weight is 172 g/mol. The smallest absolute Gasteiger partial charge is 0.166 e. The zero-order valence-electron chi connectivity index (χ0n) is 7.05. The van der Waals surface area contributed by atoms with E-state index < -0.39 is 0 Å². The van der Waals surface area contributed by atoms with Gasteiger partial charge in [-0.05, 0) is 31.0 Å². The molecule has 0 aromatic rings. The van der Waals surface area contributed by atoms with Crippen LogP contribution in [-0.4, -0.2) is 23.1 Å². The molecule has 1 heterocycles. The Hall–Kier alpha value is -0.310. The standard InChI is InChI=1S/C8H16N2S/c1-2-7-3-5-10(6-4-7)8(9)11/h7H,2-6H2,1H3,(H2,9,11). The van der Waals surface area contributed by atoms with Crippen LogP contribution in [0.5, 0.6) is 0 Å². The molecule has 0 radical (unpaired) electrons. The molecule has 64 valence electrons. The maximum atomic E-state index is 5.51. The highest BCUT2D eigenvalue weighted by molar-refractivity contribution is 7.80. The van der Waals surface area contributed by atoms with E-state index >= 15 is 0 Å². The van der Waals surface area contributed by atoms with Gasteiger partial charge in [0.05, 0.1) is 0 Å². The molecule has 0 atom stereocenters. The Labute approximate surface area is 73.7 Å². The number of rotatable bonds is 1. The van der Waals surface area contributed by atoms with Gasteiger partial charge in [0, 0.05) is 13.1 Å². The molecular formula is C8H16N2S. The van der Waals surface area contributed by atoms with Gasteiger partial charge in [-0.25, -0.2) is 0 Å². The number of likely N-dealkylation sites (tertiary alicyclic amines) is 1. The molecule has 1 saturated heterocycles. The van der Waals surface area contributed by atoms with E-state index in [1.807, 2.05) is 0 Å². The van der Waals surface area contributed by atoms with Gasteiger partial charge in [-0.2, -0.15) is 0 Å². The van der Waals surface area contributed by atoms with Crippen LogP contribution in [0.2, 0.25) is 0 Å². The van der Waals surface area contributed by atoms with E-state index in [0.29, 0.717) is 5.11 Å². The molecule has 1 rings (SSSR count). The first-order valence-electron chi connectivity index (χ1n) is 4.28. The van der Waals surface area contributed by atoms with Gasteiger partial charge in [0.1, 0.15) is 0 Å². The third-order valence-corrected chi connectivity index (χ3v) is 2.76. The van der Waals surface area contributed by atoms with Crippen molar-refractivity contribution in [3.05, 3.63) is 0 Å². The van der Waals surface area contributed by atoms with Crippen molar-refractivity contribution in [2.45, 2.75) is 26.2 Å². The molecule has 0 unspecified atom stereocenters. The first-order chi connectivity index (χ1) is 5.24. The van der Waals surface area contributed by atoms with E-state index in [-0.39, 0.29) is 0 Å². The Morgan fingerprint density at radius 3 is 2.45 bits per heavy atom. The van der Waals surface area contributed by atoms with Crippen LogP contribution >= 0.6 is 12.2 Å². The van der Waals surface area contributed by atoms with Crippen molar-refractivity contribution in [1.29, 1.82) is 0 Å². The molecule has 1 aliphatic heterocycles. The van der Waals surface area contributed by atoms with Crippen LogP contribution in [0, 0.1) is 5.92 Å². The summed E-state index contributed by atoms with van der Waals surface area (Å²) in [6, 6.07) is 0. The van der Waals surface area contributed by atoms with Crippen molar-refractivity contribution in [3.8, 4) is 0 Å². The fraction of sp³-hybridized carbons (Fsp3) is 0.875. The molecule has 1 aliphatic rings. The normalized spacial score (nSPS) is 20.3. The maximum Gasteiger partial charge on any atom is 0.166 e. The molecule has 0 bridgehead atoms. The summed E-state index contributed by atoms with van der Waals surface area (Å²) in [5, 5.41) is 0.569. The Morgan fingerprint density at radius 1 is 1.55 bits per heavy atom. The average Bonchev–Trinajstić information content (AvgIpc) is 2.05. The summed E-state index contributed by atoms with van der Waals surface area (Å²) in [6.07, 6.45) is 3.81. The number of hydrogen-bond donors (Lipinski definition) is 1. The predicted molar refractivity (Wildman–Crippen MR) is 51.4 cm³/mol. The monoisotopic (exact) mass is 172 g/mol. The van der Waals surface area contributed by atoms with Gasteiger partial charge in [-0.15, -0.1) is 0 Å². The highest BCUT2D eigenvalue weighted by atomic mass is 32.1. The third kappa shape index (κ3) is 2.33. The second-order valence-corrected chi connectivity index (χ2v) is 3.60. The van der Waals surface area contributed by atoms with Crippen LogP contribution in [0.4, 0.5) is 0 Å². The number of nitrogens with zero attached hydrogens (tertiary/aromatic N) is 1. The van der Waals surface area contributed by atoms with Crippen molar-refractivity contribution < 1.29 is 0 Å². The summed E-state index contributed by atoms with van der Waals surface area (Å²) >= 11 is 4.89. The number of nitrogens with two attached hydrogens (primary N) is 1. The second-order valence-electron chi connectivity index (χ2n) is 3.18. The molecule has 0 saturated carbocycles. The quantitative estimate of drug-likeness (QED) is 0.605. The molecule has 2 nitrogen and oxygen atoms in total. The van der Waals surface area contributed by atoms with Gasteiger partial charge in [-0.1, -0.05) is 13.3 Å². The topological polar surface area (TPSA) is 29.3 Å². The summed E-state index contributed by atoms with van der Waals surface area (Å²) in [7, 11) is 0. The van der Waals surface area contributed by atoms with Crippen LogP contribution in [0.15, 0.2) is 0 Å². The molecule has 0 amide bonds. The Bertz CT molecular complexity index is 139. The van der Waals surface area contributed by atoms with E-state index in [2.05, 4.69) is 11.8 Å². The SMILES string of the molecule is CCC1CCN(C(N)=S)CC1. The molecule has 0 aliphatic carbocycles. The molecule has 0 aromatic heterocycles. The van der Waals surface area contributed by atoms with Gasteiger partial charge in [-0.3, -0.25) is 0 Å². The van der Waals surface area contributed by atoms with Crippen molar-refractivity contribution in [3.63, 3.8) is 0 Å². The fourth-order valence-electron chi connectivity index (χ4n) is 1.56. The van der Waals surface area contributed by atoms with Crippen LogP contribution < -0.4 is 5.73 Å². The van der Waals surface area contributed by atoms with E-state index in [4.69, 9.17) is 18.0 Å². The minimum Gasteiger partial charge on any atom is -0.376 e. The summed E-state index contributed by atoms with van der Waals surface area (Å²) in [5.74, 6) is 0.903. The van der Waals surface area contributed by atoms with Crippen molar-refractivity contribution >= 4 is 17.3 Å². The lowest BCUT2D eigenvalue weighted by atomic mass is 9.95. The largest absolute Gasteiger partial charge is 0.376 e. The van der Waals surface area contributed by atoms with E-state index in [0.717, 1.165) is 19.0 Å². The van der Waals surface area contributed by atoms with E-state index in [1.54, 1.807) is 0 Å². The van der Waals surface area contributed by atoms with Crippen LogP contribution in [0.25, 0.3) is 0 Å². The number of hydrogen-bond acceptors (Lipinski definition) is 1. The maximum absolute atomic E-state index is 5.51. The Morgan fingerprint density at radius 2 is 2.09 bits per heavy atom. The lowest BCUT2D eigenvalue weighted by Crippen LogP contribution is -2.41. The number of piperidine rings is 1. The van der Waals surface area contributed by atoms with E-state index in [1.165, 1.54) is 19.3 Å². The van der Waals surface area contributed by atoms with Crippen molar-refractivity contribution in [2.24, 2.45) is 11.7 Å². The van der Waals surface area contributed by atoms with E-state index in [9.17, 15) is 0 Å². The summed E-state index contributed by atoms with van der Waals surface area (Å²) < 4.78 is 0. The zero-order valence-corrected chi connectivity index (χ0v) is 7.86. The van der Waals surface area contributed by atoms with Crippen molar-refractivity contribution in [2.75, 3.05) is 13.1 Å². The van der Waals surface area contributed by atoms with Crippen LogP contribution in [0.3, 0.4) is 0 Å². The highest BCUT2D eigenvalue weighted by Crippen LogP contribution is 2.19. The summed E-state index contributed by atoms with van der Waals surface area (Å²) in [6.45, 7) is 4.38. The fourth-order valence-corrected chi connectivity index (χ4v) is 1.74. The summed E-state index contributed by atoms with van der Waals surface area (Å²) in [5.41, 5.74) is 5.51. The molecule has 1 fully saturated rings. The molecule has 2 N–H and O–H groups in total. The lowest BCUT2D eigenvalue weighted by molar-refractivity contribution is 0.263.